The van der Waals surface area contributed by atoms with Crippen molar-refractivity contribution in [2.75, 3.05) is 11.9 Å². The first-order chi connectivity index (χ1) is 12.2. The van der Waals surface area contributed by atoms with Gasteiger partial charge in [-0.25, -0.2) is 4.98 Å². The van der Waals surface area contributed by atoms with Crippen molar-refractivity contribution in [1.29, 1.82) is 0 Å². The number of benzene rings is 1. The summed E-state index contributed by atoms with van der Waals surface area (Å²) in [4.78, 5) is 27.4. The molecule has 2 aromatic rings. The van der Waals surface area contributed by atoms with Crippen LogP contribution in [-0.2, 0) is 9.59 Å². The topological polar surface area (TPSA) is 106 Å². The Bertz CT molecular complexity index is 860. The molecule has 11 heteroatoms. The van der Waals surface area contributed by atoms with Crippen molar-refractivity contribution in [1.82, 2.24) is 10.3 Å². The minimum Gasteiger partial charge on any atom is -0.406 e. The van der Waals surface area contributed by atoms with Crippen molar-refractivity contribution < 1.29 is 27.5 Å². The van der Waals surface area contributed by atoms with Gasteiger partial charge in [-0.1, -0.05) is 11.3 Å². The lowest BCUT2D eigenvalue weighted by Gasteiger charge is -2.08. The van der Waals surface area contributed by atoms with Crippen LogP contribution in [0.4, 0.5) is 18.3 Å². The molecule has 1 unspecified atom stereocenters. The fourth-order valence-electron chi connectivity index (χ4n) is 1.84. The maximum absolute atomic E-state index is 12.2. The minimum atomic E-state index is -4.80. The van der Waals surface area contributed by atoms with Crippen LogP contribution in [0.25, 0.3) is 10.2 Å². The highest BCUT2D eigenvalue weighted by Gasteiger charge is 2.31. The van der Waals surface area contributed by atoms with Gasteiger partial charge in [-0.2, -0.15) is 0 Å². The minimum absolute atomic E-state index is 0.0354. The zero-order valence-corrected chi connectivity index (χ0v) is 13.9. The highest BCUT2D eigenvalue weighted by molar-refractivity contribution is 7.22. The van der Waals surface area contributed by atoms with E-state index in [9.17, 15) is 22.8 Å². The van der Waals surface area contributed by atoms with Gasteiger partial charge in [0.1, 0.15) is 5.75 Å². The highest BCUT2D eigenvalue weighted by Crippen LogP contribution is 2.31. The Morgan fingerprint density at radius 2 is 2.15 bits per heavy atom. The first-order valence-corrected chi connectivity index (χ1v) is 7.92. The number of nitrogens with two attached hydrogens (primary N) is 1. The number of nitrogens with one attached hydrogen (secondary N) is 2. The lowest BCUT2D eigenvalue weighted by atomic mass is 10.2. The van der Waals surface area contributed by atoms with E-state index in [0.717, 1.165) is 23.5 Å². The Balaban J connectivity index is 1.97. The zero-order chi connectivity index (χ0) is 19.3. The number of amides is 2. The molecule has 1 aromatic carbocycles. The molecule has 0 saturated heterocycles. The van der Waals surface area contributed by atoms with Crippen LogP contribution in [0.2, 0.25) is 0 Å². The molecule has 0 aliphatic rings. The number of hydrogen-bond donors (Lipinski definition) is 3. The van der Waals surface area contributed by atoms with Crippen LogP contribution in [-0.4, -0.2) is 35.7 Å². The molecule has 1 heterocycles. The number of aromatic nitrogens is 1. The predicted octanol–water partition coefficient (Wildman–Crippen LogP) is 1.60. The molecule has 4 N–H and O–H groups in total. The summed E-state index contributed by atoms with van der Waals surface area (Å²) in [7, 11) is 0. The molecular weight excluding hydrogens is 373 g/mol. The third-order valence-corrected chi connectivity index (χ3v) is 3.87. The lowest BCUT2D eigenvalue weighted by molar-refractivity contribution is -0.274. The number of ether oxygens (including phenoxy) is 1. The predicted molar refractivity (Wildman–Crippen MR) is 89.4 cm³/mol. The quantitative estimate of drug-likeness (QED) is 0.654. The van der Waals surface area contributed by atoms with Crippen LogP contribution < -0.4 is 21.1 Å². The Labute approximate surface area is 149 Å². The fraction of sp³-hybridized carbons (Fsp3) is 0.267. The largest absolute Gasteiger partial charge is 0.573 e. The summed E-state index contributed by atoms with van der Waals surface area (Å²) in [5, 5.41) is 4.91. The van der Waals surface area contributed by atoms with Gasteiger partial charge in [-0.3, -0.25) is 9.59 Å². The standard InChI is InChI=1S/C15H13F3N4O3S/c1-2-3-9(19)13(24)20-7-12(23)22-14-21-10-5-4-8(6-11(10)26-14)25-15(16,17)18/h1,4-6,9H,3,7,19H2,(H,20,24)(H,21,22,23). The number of thiazole rings is 1. The molecule has 0 aliphatic carbocycles. The molecule has 0 saturated carbocycles. The van der Waals surface area contributed by atoms with Crippen molar-refractivity contribution in [3.63, 3.8) is 0 Å². The molecule has 0 spiro atoms. The summed E-state index contributed by atoms with van der Waals surface area (Å²) in [6, 6.07) is 2.70. The monoisotopic (exact) mass is 386 g/mol. The molecule has 138 valence electrons. The summed E-state index contributed by atoms with van der Waals surface area (Å²) >= 11 is 0.960. The van der Waals surface area contributed by atoms with Gasteiger partial charge in [0.05, 0.1) is 22.8 Å². The Kier molecular flexibility index (Phi) is 6.01. The van der Waals surface area contributed by atoms with E-state index in [0.29, 0.717) is 10.2 Å². The van der Waals surface area contributed by atoms with Crippen molar-refractivity contribution in [3.05, 3.63) is 18.2 Å². The summed E-state index contributed by atoms with van der Waals surface area (Å²) in [5.41, 5.74) is 5.88. The number of carbonyl (C=O) groups excluding carboxylic acids is 2. The summed E-state index contributed by atoms with van der Waals surface area (Å²) in [6.45, 7) is -0.352. The highest BCUT2D eigenvalue weighted by atomic mass is 32.1. The second-order valence-electron chi connectivity index (χ2n) is 4.98. The van der Waals surface area contributed by atoms with Gasteiger partial charge in [-0.05, 0) is 12.1 Å². The van der Waals surface area contributed by atoms with Gasteiger partial charge < -0.3 is 21.1 Å². The molecule has 26 heavy (non-hydrogen) atoms. The van der Waals surface area contributed by atoms with E-state index >= 15 is 0 Å². The molecule has 2 rings (SSSR count). The van der Waals surface area contributed by atoms with E-state index in [1.54, 1.807) is 0 Å². The number of terminal acetylenes is 1. The van der Waals surface area contributed by atoms with Crippen LogP contribution in [0.5, 0.6) is 5.75 Å². The Morgan fingerprint density at radius 1 is 1.42 bits per heavy atom. The first kappa shape index (κ1) is 19.5. The summed E-state index contributed by atoms with van der Waals surface area (Å²) < 4.78 is 40.9. The van der Waals surface area contributed by atoms with Crippen molar-refractivity contribution >= 4 is 38.5 Å². The van der Waals surface area contributed by atoms with E-state index < -0.39 is 24.2 Å². The molecule has 0 bridgehead atoms. The maximum Gasteiger partial charge on any atom is 0.573 e. The number of hydrogen-bond acceptors (Lipinski definition) is 6. The molecular formula is C15H13F3N4O3S. The smallest absolute Gasteiger partial charge is 0.406 e. The van der Waals surface area contributed by atoms with Gasteiger partial charge in [-0.15, -0.1) is 25.5 Å². The molecule has 1 aromatic heterocycles. The molecule has 0 radical (unpaired) electrons. The zero-order valence-electron chi connectivity index (χ0n) is 13.1. The van der Waals surface area contributed by atoms with Crippen molar-refractivity contribution in [2.45, 2.75) is 18.8 Å². The van der Waals surface area contributed by atoms with Gasteiger partial charge in [0.15, 0.2) is 5.13 Å². The van der Waals surface area contributed by atoms with Gasteiger partial charge >= 0.3 is 6.36 Å². The fourth-order valence-corrected chi connectivity index (χ4v) is 2.75. The number of fused-ring (bicyclic) bond motifs is 1. The molecule has 2 amide bonds. The van der Waals surface area contributed by atoms with E-state index in [4.69, 9.17) is 12.2 Å². The normalized spacial score (nSPS) is 12.3. The molecule has 1 atom stereocenters. The SMILES string of the molecule is C#CCC(N)C(=O)NCC(=O)Nc1nc2ccc(OC(F)(F)F)cc2s1. The number of carbonyl (C=O) groups is 2. The van der Waals surface area contributed by atoms with E-state index in [2.05, 4.69) is 26.3 Å². The van der Waals surface area contributed by atoms with Crippen LogP contribution in [0.3, 0.4) is 0 Å². The van der Waals surface area contributed by atoms with E-state index in [-0.39, 0.29) is 23.8 Å². The van der Waals surface area contributed by atoms with E-state index in [1.165, 1.54) is 6.07 Å². The van der Waals surface area contributed by atoms with Crippen molar-refractivity contribution in [2.24, 2.45) is 5.73 Å². The summed E-state index contributed by atoms with van der Waals surface area (Å²) in [5.74, 6) is 0.701. The van der Waals surface area contributed by atoms with Crippen LogP contribution in [0, 0.1) is 12.3 Å². The van der Waals surface area contributed by atoms with Gasteiger partial charge in [0, 0.05) is 12.5 Å². The number of nitrogens with zero attached hydrogens (tertiary/aromatic N) is 1. The average Bonchev–Trinajstić information content (AvgIpc) is 2.92. The van der Waals surface area contributed by atoms with E-state index in [1.807, 2.05) is 0 Å². The van der Waals surface area contributed by atoms with Crippen LogP contribution in [0.1, 0.15) is 6.42 Å². The first-order valence-electron chi connectivity index (χ1n) is 7.11. The Morgan fingerprint density at radius 3 is 2.81 bits per heavy atom. The second kappa shape index (κ2) is 8.03. The third kappa shape index (κ3) is 5.61. The summed E-state index contributed by atoms with van der Waals surface area (Å²) in [6.07, 6.45) is 0.277. The van der Waals surface area contributed by atoms with Crippen LogP contribution in [0.15, 0.2) is 18.2 Å². The Hall–Kier alpha value is -2.84. The third-order valence-electron chi connectivity index (χ3n) is 2.94. The number of alkyl halides is 3. The second-order valence-corrected chi connectivity index (χ2v) is 6.01. The lowest BCUT2D eigenvalue weighted by Crippen LogP contribution is -2.43. The van der Waals surface area contributed by atoms with Gasteiger partial charge in [0.2, 0.25) is 11.8 Å². The molecule has 0 aliphatic heterocycles. The average molecular weight is 386 g/mol. The number of halogens is 3. The van der Waals surface area contributed by atoms with Crippen LogP contribution >= 0.6 is 11.3 Å². The number of rotatable bonds is 6. The molecule has 7 nitrogen and oxygen atoms in total. The maximum atomic E-state index is 12.2. The van der Waals surface area contributed by atoms with Crippen molar-refractivity contribution in [3.8, 4) is 18.1 Å². The molecule has 0 fully saturated rings. The van der Waals surface area contributed by atoms with Gasteiger partial charge in [0.25, 0.3) is 0 Å². The number of anilines is 1.